The Labute approximate surface area is 227 Å². The largest absolute Gasteiger partial charge is 0.360 e. The van der Waals surface area contributed by atoms with Crippen LogP contribution in [0.3, 0.4) is 0 Å². The van der Waals surface area contributed by atoms with Crippen molar-refractivity contribution in [2.24, 2.45) is 0 Å². The van der Waals surface area contributed by atoms with Crippen LogP contribution in [0.15, 0.2) is 85.5 Å². The van der Waals surface area contributed by atoms with Crippen LogP contribution in [0, 0.1) is 13.8 Å². The monoisotopic (exact) mass is 575 g/mol. The minimum atomic E-state index is -0.395. The summed E-state index contributed by atoms with van der Waals surface area (Å²) in [5, 5.41) is 8.93. The molecule has 1 atom stereocenters. The van der Waals surface area contributed by atoms with Crippen molar-refractivity contribution in [2.75, 3.05) is 9.80 Å². The Hall–Kier alpha value is -3.76. The highest BCUT2D eigenvalue weighted by atomic mass is 79.9. The minimum Gasteiger partial charge on any atom is -0.360 e. The first-order valence-corrected chi connectivity index (χ1v) is 12.9. The molecule has 1 unspecified atom stereocenters. The zero-order chi connectivity index (χ0) is 25.8. The molecule has 6 rings (SSSR count). The van der Waals surface area contributed by atoms with Gasteiger partial charge in [-0.2, -0.15) is 0 Å². The Morgan fingerprint density at radius 2 is 1.54 bits per heavy atom. The van der Waals surface area contributed by atoms with E-state index in [1.807, 2.05) is 73.3 Å². The second-order valence-corrected chi connectivity index (χ2v) is 10.3. The predicted molar refractivity (Wildman–Crippen MR) is 146 cm³/mol. The molecule has 2 aromatic heterocycles. The van der Waals surface area contributed by atoms with E-state index < -0.39 is 6.04 Å². The standard InChI is InChI=1S/C27H22BrN5O3S/c1-15-12-22(29-35-15)32-17(3)24-25(31(27(32)37)14-18-8-10-19(28)11-9-18)20-6-4-5-7-21(20)33(26(24)34)23-13-16(2)36-30-23/h4-13,25H,14H2,1-3H3. The van der Waals surface area contributed by atoms with Gasteiger partial charge in [0.15, 0.2) is 16.7 Å². The van der Waals surface area contributed by atoms with Crippen LogP contribution < -0.4 is 9.80 Å². The van der Waals surface area contributed by atoms with Crippen LogP contribution in [0.4, 0.5) is 17.3 Å². The quantitative estimate of drug-likeness (QED) is 0.261. The molecule has 2 aliphatic rings. The van der Waals surface area contributed by atoms with Gasteiger partial charge >= 0.3 is 0 Å². The van der Waals surface area contributed by atoms with E-state index in [2.05, 4.69) is 31.1 Å². The smallest absolute Gasteiger partial charge is 0.264 e. The Bertz CT molecular complexity index is 1570. The Morgan fingerprint density at radius 3 is 2.16 bits per heavy atom. The third kappa shape index (κ3) is 3.87. The molecular formula is C27H22BrN5O3S. The lowest BCUT2D eigenvalue weighted by Crippen LogP contribution is -2.53. The summed E-state index contributed by atoms with van der Waals surface area (Å²) >= 11 is 9.59. The number of para-hydroxylation sites is 1. The summed E-state index contributed by atoms with van der Waals surface area (Å²) in [6.07, 6.45) is 0. The van der Waals surface area contributed by atoms with Gasteiger partial charge in [0.1, 0.15) is 11.5 Å². The molecule has 8 nitrogen and oxygen atoms in total. The minimum absolute atomic E-state index is 0.192. The van der Waals surface area contributed by atoms with Crippen molar-refractivity contribution in [2.45, 2.75) is 33.4 Å². The number of thiocarbonyl (C=S) groups is 1. The molecule has 0 fully saturated rings. The van der Waals surface area contributed by atoms with Crippen molar-refractivity contribution in [3.05, 3.63) is 99.1 Å². The number of benzene rings is 2. The van der Waals surface area contributed by atoms with Gasteiger partial charge in [-0.3, -0.25) is 14.6 Å². The van der Waals surface area contributed by atoms with Crippen molar-refractivity contribution in [3.63, 3.8) is 0 Å². The van der Waals surface area contributed by atoms with Crippen molar-refractivity contribution in [3.8, 4) is 0 Å². The molecule has 0 spiro atoms. The summed E-state index contributed by atoms with van der Waals surface area (Å²) in [6, 6.07) is 19.1. The first-order valence-electron chi connectivity index (χ1n) is 11.7. The number of fused-ring (bicyclic) bond motifs is 3. The number of halogens is 1. The van der Waals surface area contributed by atoms with Gasteiger partial charge in [0.05, 0.1) is 17.3 Å². The molecule has 4 heterocycles. The number of carbonyl (C=O) groups excluding carboxylic acids is 1. The topological polar surface area (TPSA) is 78.9 Å². The maximum Gasteiger partial charge on any atom is 0.264 e. The van der Waals surface area contributed by atoms with Crippen LogP contribution in [0.2, 0.25) is 0 Å². The van der Waals surface area contributed by atoms with Crippen LogP contribution in [-0.2, 0) is 11.3 Å². The summed E-state index contributed by atoms with van der Waals surface area (Å²) in [7, 11) is 0. The molecule has 2 aliphatic heterocycles. The van der Waals surface area contributed by atoms with E-state index in [1.165, 1.54) is 0 Å². The van der Waals surface area contributed by atoms with Gasteiger partial charge in [-0.05, 0) is 56.8 Å². The van der Waals surface area contributed by atoms with Gasteiger partial charge in [-0.15, -0.1) is 0 Å². The lowest BCUT2D eigenvalue weighted by molar-refractivity contribution is -0.115. The second kappa shape index (κ2) is 8.97. The summed E-state index contributed by atoms with van der Waals surface area (Å²) in [5.41, 5.74) is 4.04. The number of aromatic nitrogens is 2. The highest BCUT2D eigenvalue weighted by Crippen LogP contribution is 2.49. The number of aryl methyl sites for hydroxylation is 2. The van der Waals surface area contributed by atoms with Crippen LogP contribution in [0.5, 0.6) is 0 Å². The van der Waals surface area contributed by atoms with Crippen molar-refractivity contribution >= 4 is 56.5 Å². The number of carbonyl (C=O) groups is 1. The van der Waals surface area contributed by atoms with E-state index in [4.69, 9.17) is 21.3 Å². The summed E-state index contributed by atoms with van der Waals surface area (Å²) in [6.45, 7) is 6.02. The predicted octanol–water partition coefficient (Wildman–Crippen LogP) is 6.34. The lowest BCUT2D eigenvalue weighted by atomic mass is 9.86. The summed E-state index contributed by atoms with van der Waals surface area (Å²) < 4.78 is 11.7. The summed E-state index contributed by atoms with van der Waals surface area (Å²) in [4.78, 5) is 19.8. The molecule has 0 aliphatic carbocycles. The zero-order valence-electron chi connectivity index (χ0n) is 20.3. The number of amides is 1. The fourth-order valence-corrected chi connectivity index (χ4v) is 5.63. The van der Waals surface area contributed by atoms with Gasteiger partial charge < -0.3 is 13.9 Å². The molecule has 186 valence electrons. The molecule has 10 heteroatoms. The number of rotatable bonds is 4. The van der Waals surface area contributed by atoms with Gasteiger partial charge in [-0.1, -0.05) is 56.6 Å². The van der Waals surface area contributed by atoms with Gasteiger partial charge in [0.25, 0.3) is 5.91 Å². The molecule has 0 N–H and O–H groups in total. The number of hydrogen-bond donors (Lipinski definition) is 0. The fraction of sp³-hybridized carbons (Fsp3) is 0.185. The van der Waals surface area contributed by atoms with Crippen LogP contribution >= 0.6 is 28.1 Å². The molecule has 0 saturated heterocycles. The van der Waals surface area contributed by atoms with Gasteiger partial charge in [0.2, 0.25) is 0 Å². The third-order valence-electron chi connectivity index (χ3n) is 6.61. The molecular weight excluding hydrogens is 554 g/mol. The maximum atomic E-state index is 14.3. The number of allylic oxidation sites excluding steroid dienone is 1. The van der Waals surface area contributed by atoms with Crippen molar-refractivity contribution in [1.29, 1.82) is 0 Å². The average Bonchev–Trinajstić information content (AvgIpc) is 3.50. The maximum absolute atomic E-state index is 14.3. The van der Waals surface area contributed by atoms with Crippen LogP contribution in [0.25, 0.3) is 0 Å². The highest BCUT2D eigenvalue weighted by molar-refractivity contribution is 9.10. The molecule has 1 amide bonds. The zero-order valence-corrected chi connectivity index (χ0v) is 22.7. The normalized spacial score (nSPS) is 17.4. The molecule has 2 aromatic carbocycles. The van der Waals surface area contributed by atoms with E-state index >= 15 is 0 Å². The van der Waals surface area contributed by atoms with E-state index in [0.717, 1.165) is 21.3 Å². The molecule has 37 heavy (non-hydrogen) atoms. The summed E-state index contributed by atoms with van der Waals surface area (Å²) in [5.74, 6) is 2.04. The molecule has 4 aromatic rings. The van der Waals surface area contributed by atoms with Crippen LogP contribution in [-0.4, -0.2) is 26.2 Å². The van der Waals surface area contributed by atoms with E-state index in [1.54, 1.807) is 17.9 Å². The van der Waals surface area contributed by atoms with Crippen molar-refractivity contribution < 1.29 is 13.8 Å². The first-order chi connectivity index (χ1) is 17.8. The average molecular weight is 576 g/mol. The van der Waals surface area contributed by atoms with Crippen LogP contribution in [0.1, 0.15) is 35.6 Å². The fourth-order valence-electron chi connectivity index (χ4n) is 4.96. The SMILES string of the molecule is CC1=C2C(=O)N(c3cc(C)on3)c3ccccc3C2N(Cc2ccc(Br)cc2)C(=S)N1c1cc(C)on1. The number of anilines is 3. The van der Waals surface area contributed by atoms with Gasteiger partial charge in [0, 0.05) is 34.4 Å². The van der Waals surface area contributed by atoms with Gasteiger partial charge in [-0.25, -0.2) is 0 Å². The first kappa shape index (κ1) is 23.6. The van der Waals surface area contributed by atoms with E-state index in [0.29, 0.717) is 46.1 Å². The van der Waals surface area contributed by atoms with E-state index in [9.17, 15) is 4.79 Å². The second-order valence-electron chi connectivity index (χ2n) is 9.06. The highest BCUT2D eigenvalue weighted by Gasteiger charge is 2.47. The lowest BCUT2D eigenvalue weighted by Gasteiger charge is -2.48. The Balaban J connectivity index is 1.58. The third-order valence-corrected chi connectivity index (χ3v) is 7.55. The number of nitrogens with zero attached hydrogens (tertiary/aromatic N) is 5. The number of hydrogen-bond acceptors (Lipinski definition) is 6. The Morgan fingerprint density at radius 1 is 0.919 bits per heavy atom. The molecule has 0 bridgehead atoms. The molecule has 0 radical (unpaired) electrons. The van der Waals surface area contributed by atoms with Crippen molar-refractivity contribution in [1.82, 2.24) is 15.2 Å². The Kier molecular flexibility index (Phi) is 5.73. The molecule has 0 saturated carbocycles. The van der Waals surface area contributed by atoms with E-state index in [-0.39, 0.29) is 5.91 Å².